The molecule has 1 aliphatic heterocycles. The fourth-order valence-corrected chi connectivity index (χ4v) is 3.04. The zero-order valence-electron chi connectivity index (χ0n) is 12.5. The van der Waals surface area contributed by atoms with Gasteiger partial charge in [-0.2, -0.15) is 0 Å². The molecule has 1 fully saturated rings. The Kier molecular flexibility index (Phi) is 3.89. The summed E-state index contributed by atoms with van der Waals surface area (Å²) in [7, 11) is 0. The van der Waals surface area contributed by atoms with Crippen LogP contribution >= 0.6 is 0 Å². The predicted molar refractivity (Wildman–Crippen MR) is 79.6 cm³/mol. The third-order valence-corrected chi connectivity index (χ3v) is 4.56. The summed E-state index contributed by atoms with van der Waals surface area (Å²) in [6.07, 6.45) is 0.594. The van der Waals surface area contributed by atoms with Crippen molar-refractivity contribution >= 4 is 17.3 Å². The number of carbonyl (C=O) groups is 1. The van der Waals surface area contributed by atoms with E-state index in [9.17, 15) is 20.0 Å². The van der Waals surface area contributed by atoms with Crippen LogP contribution in [0, 0.1) is 28.4 Å². The van der Waals surface area contributed by atoms with Crippen molar-refractivity contribution in [1.82, 2.24) is 0 Å². The minimum atomic E-state index is -0.764. The van der Waals surface area contributed by atoms with Gasteiger partial charge in [0.2, 0.25) is 0 Å². The fraction of sp³-hybridized carbons (Fsp3) is 0.533. The van der Waals surface area contributed by atoms with Crippen LogP contribution in [0.15, 0.2) is 18.2 Å². The van der Waals surface area contributed by atoms with Crippen molar-refractivity contribution in [3.8, 4) is 0 Å². The number of aryl methyl sites for hydroxylation is 1. The highest BCUT2D eigenvalue weighted by Crippen LogP contribution is 2.41. The van der Waals surface area contributed by atoms with Crippen molar-refractivity contribution in [2.75, 3.05) is 18.0 Å². The zero-order chi connectivity index (χ0) is 15.8. The van der Waals surface area contributed by atoms with E-state index in [1.165, 1.54) is 12.1 Å². The van der Waals surface area contributed by atoms with Crippen molar-refractivity contribution in [3.05, 3.63) is 33.9 Å². The van der Waals surface area contributed by atoms with Gasteiger partial charge in [-0.3, -0.25) is 14.9 Å². The first-order valence-corrected chi connectivity index (χ1v) is 7.01. The number of hydrogen-bond acceptors (Lipinski definition) is 4. The molecule has 0 aromatic heterocycles. The first-order valence-electron chi connectivity index (χ1n) is 7.01. The number of nitro groups is 1. The molecule has 0 radical (unpaired) electrons. The summed E-state index contributed by atoms with van der Waals surface area (Å²) in [4.78, 5) is 24.0. The molecule has 0 amide bonds. The standard InChI is InChI=1S/C15H20N2O4/c1-10(2)15(14(18)19)6-7-16(9-15)13-5-4-12(17(20)21)8-11(13)3/h4-5,8,10H,6-7,9H2,1-3H3,(H,18,19). The highest BCUT2D eigenvalue weighted by molar-refractivity contribution is 5.77. The average Bonchev–Trinajstić information content (AvgIpc) is 2.84. The van der Waals surface area contributed by atoms with E-state index < -0.39 is 16.3 Å². The van der Waals surface area contributed by atoms with E-state index in [1.807, 2.05) is 25.7 Å². The summed E-state index contributed by atoms with van der Waals surface area (Å²) in [5.74, 6) is -0.724. The molecule has 114 valence electrons. The molecule has 0 aliphatic carbocycles. The molecule has 6 heteroatoms. The summed E-state index contributed by atoms with van der Waals surface area (Å²) in [6.45, 7) is 6.78. The predicted octanol–water partition coefficient (Wildman–Crippen LogP) is 2.84. The third kappa shape index (κ3) is 2.57. The second-order valence-electron chi connectivity index (χ2n) is 6.02. The highest BCUT2D eigenvalue weighted by atomic mass is 16.6. The number of non-ortho nitro benzene ring substituents is 1. The second-order valence-corrected chi connectivity index (χ2v) is 6.02. The van der Waals surface area contributed by atoms with Crippen LogP contribution in [0.4, 0.5) is 11.4 Å². The lowest BCUT2D eigenvalue weighted by atomic mass is 9.76. The van der Waals surface area contributed by atoms with Crippen molar-refractivity contribution in [2.45, 2.75) is 27.2 Å². The maximum Gasteiger partial charge on any atom is 0.311 e. The highest BCUT2D eigenvalue weighted by Gasteiger charge is 2.47. The lowest BCUT2D eigenvalue weighted by Crippen LogP contribution is -2.39. The number of anilines is 1. The molecule has 21 heavy (non-hydrogen) atoms. The van der Waals surface area contributed by atoms with E-state index in [2.05, 4.69) is 0 Å². The fourth-order valence-electron chi connectivity index (χ4n) is 3.04. The number of benzene rings is 1. The number of carboxylic acids is 1. The Bertz CT molecular complexity index is 585. The first kappa shape index (κ1) is 15.3. The van der Waals surface area contributed by atoms with Crippen LogP contribution in [-0.4, -0.2) is 29.1 Å². The van der Waals surface area contributed by atoms with Gasteiger partial charge in [-0.05, 0) is 30.9 Å². The molecule has 6 nitrogen and oxygen atoms in total. The average molecular weight is 292 g/mol. The van der Waals surface area contributed by atoms with Gasteiger partial charge in [0.1, 0.15) is 0 Å². The van der Waals surface area contributed by atoms with E-state index >= 15 is 0 Å². The minimum absolute atomic E-state index is 0.0401. The van der Waals surface area contributed by atoms with Crippen LogP contribution < -0.4 is 4.90 Å². The van der Waals surface area contributed by atoms with Gasteiger partial charge >= 0.3 is 5.97 Å². The molecule has 1 saturated heterocycles. The lowest BCUT2D eigenvalue weighted by Gasteiger charge is -2.29. The van der Waals surface area contributed by atoms with Crippen LogP contribution in [0.25, 0.3) is 0 Å². The summed E-state index contributed by atoms with van der Waals surface area (Å²) in [6, 6.07) is 4.72. The number of nitrogens with zero attached hydrogens (tertiary/aromatic N) is 2. The minimum Gasteiger partial charge on any atom is -0.481 e. The van der Waals surface area contributed by atoms with Gasteiger partial charge < -0.3 is 10.0 Å². The quantitative estimate of drug-likeness (QED) is 0.681. The lowest BCUT2D eigenvalue weighted by molar-refractivity contribution is -0.384. The van der Waals surface area contributed by atoms with Crippen LogP contribution in [0.1, 0.15) is 25.8 Å². The molecule has 1 atom stereocenters. The number of rotatable bonds is 4. The van der Waals surface area contributed by atoms with Gasteiger partial charge in [0, 0.05) is 30.9 Å². The van der Waals surface area contributed by atoms with Gasteiger partial charge in [0.25, 0.3) is 5.69 Å². The molecule has 2 rings (SSSR count). The Labute approximate surface area is 123 Å². The normalized spacial score (nSPS) is 21.8. The first-order chi connectivity index (χ1) is 9.78. The Morgan fingerprint density at radius 2 is 2.14 bits per heavy atom. The summed E-state index contributed by atoms with van der Waals surface area (Å²) in [5.41, 5.74) is 0.996. The van der Waals surface area contributed by atoms with Crippen molar-refractivity contribution in [1.29, 1.82) is 0 Å². The van der Waals surface area contributed by atoms with Crippen LogP contribution in [-0.2, 0) is 4.79 Å². The molecule has 1 unspecified atom stereocenters. The molecule has 1 aromatic carbocycles. The zero-order valence-corrected chi connectivity index (χ0v) is 12.5. The van der Waals surface area contributed by atoms with E-state index in [1.54, 1.807) is 6.07 Å². The Balaban J connectivity index is 2.29. The second kappa shape index (κ2) is 5.35. The van der Waals surface area contributed by atoms with Crippen LogP contribution in [0.2, 0.25) is 0 Å². The Morgan fingerprint density at radius 1 is 1.48 bits per heavy atom. The Hall–Kier alpha value is -2.11. The van der Waals surface area contributed by atoms with E-state index in [0.29, 0.717) is 19.5 Å². The molecule has 0 saturated carbocycles. The largest absolute Gasteiger partial charge is 0.481 e. The van der Waals surface area contributed by atoms with Gasteiger partial charge in [-0.15, -0.1) is 0 Å². The molecule has 1 N–H and O–H groups in total. The smallest absolute Gasteiger partial charge is 0.311 e. The number of carboxylic acid groups (broad SMARTS) is 1. The molecule has 1 heterocycles. The van der Waals surface area contributed by atoms with Crippen molar-refractivity contribution in [3.63, 3.8) is 0 Å². The molecule has 1 aromatic rings. The summed E-state index contributed by atoms with van der Waals surface area (Å²) >= 11 is 0. The monoisotopic (exact) mass is 292 g/mol. The van der Waals surface area contributed by atoms with Gasteiger partial charge in [-0.25, -0.2) is 0 Å². The van der Waals surface area contributed by atoms with Crippen LogP contribution in [0.5, 0.6) is 0 Å². The maximum absolute atomic E-state index is 11.7. The SMILES string of the molecule is Cc1cc([N+](=O)[O-])ccc1N1CCC(C(=O)O)(C(C)C)C1. The molecule has 1 aliphatic rings. The molecule has 0 spiro atoms. The van der Waals surface area contributed by atoms with Gasteiger partial charge in [-0.1, -0.05) is 13.8 Å². The molecular weight excluding hydrogens is 272 g/mol. The van der Waals surface area contributed by atoms with Gasteiger partial charge in [0.15, 0.2) is 0 Å². The Morgan fingerprint density at radius 3 is 2.57 bits per heavy atom. The van der Waals surface area contributed by atoms with Crippen molar-refractivity contribution in [2.24, 2.45) is 11.3 Å². The summed E-state index contributed by atoms with van der Waals surface area (Å²) in [5, 5.41) is 20.4. The molecular formula is C15H20N2O4. The third-order valence-electron chi connectivity index (χ3n) is 4.56. The maximum atomic E-state index is 11.7. The van der Waals surface area contributed by atoms with E-state index in [0.717, 1.165) is 11.3 Å². The van der Waals surface area contributed by atoms with Gasteiger partial charge in [0.05, 0.1) is 10.3 Å². The molecule has 0 bridgehead atoms. The van der Waals surface area contributed by atoms with Crippen LogP contribution in [0.3, 0.4) is 0 Å². The number of hydrogen-bond donors (Lipinski definition) is 1. The number of nitro benzene ring substituents is 1. The van der Waals surface area contributed by atoms with E-state index in [4.69, 9.17) is 0 Å². The summed E-state index contributed by atoms with van der Waals surface area (Å²) < 4.78 is 0. The topological polar surface area (TPSA) is 83.7 Å². The van der Waals surface area contributed by atoms with Crippen molar-refractivity contribution < 1.29 is 14.8 Å². The van der Waals surface area contributed by atoms with E-state index in [-0.39, 0.29) is 11.6 Å². The number of aliphatic carboxylic acids is 1.